The van der Waals surface area contributed by atoms with Gasteiger partial charge in [0.05, 0.1) is 6.10 Å². The van der Waals surface area contributed by atoms with Crippen molar-refractivity contribution in [1.82, 2.24) is 4.90 Å². The van der Waals surface area contributed by atoms with E-state index in [1.165, 1.54) is 6.92 Å². The Labute approximate surface area is 81.3 Å². The predicted molar refractivity (Wildman–Crippen MR) is 47.2 cm³/mol. The van der Waals surface area contributed by atoms with Gasteiger partial charge in [-0.1, -0.05) is 5.92 Å². The molecule has 1 rings (SSSR count). The smallest absolute Gasteiger partial charge is 0.326 e. The fourth-order valence-electron chi connectivity index (χ4n) is 1.45. The Morgan fingerprint density at radius 2 is 2.14 bits per heavy atom. The zero-order chi connectivity index (χ0) is 10.7. The van der Waals surface area contributed by atoms with Gasteiger partial charge in [0.1, 0.15) is 6.04 Å². The molecule has 0 spiro atoms. The summed E-state index contributed by atoms with van der Waals surface area (Å²) in [6.07, 6.45) is -0.689. The minimum atomic E-state index is -1.10. The summed E-state index contributed by atoms with van der Waals surface area (Å²) < 4.78 is 0. The molecule has 0 aromatic rings. The molecule has 2 N–H and O–H groups in total. The first-order valence-corrected chi connectivity index (χ1v) is 4.20. The predicted octanol–water partition coefficient (Wildman–Crippen LogP) is -0.944. The third kappa shape index (κ3) is 2.03. The van der Waals surface area contributed by atoms with E-state index in [0.29, 0.717) is 0 Å². The number of rotatable bonds is 1. The molecule has 1 aliphatic heterocycles. The topological polar surface area (TPSA) is 77.8 Å². The van der Waals surface area contributed by atoms with Gasteiger partial charge < -0.3 is 15.1 Å². The van der Waals surface area contributed by atoms with Gasteiger partial charge in [0.15, 0.2) is 0 Å². The van der Waals surface area contributed by atoms with Gasteiger partial charge >= 0.3 is 5.97 Å². The molecule has 1 amide bonds. The van der Waals surface area contributed by atoms with E-state index in [0.717, 1.165) is 4.90 Å². The third-order valence-corrected chi connectivity index (χ3v) is 2.06. The van der Waals surface area contributed by atoms with Crippen LogP contribution in [0.3, 0.4) is 0 Å². The molecule has 1 fully saturated rings. The summed E-state index contributed by atoms with van der Waals surface area (Å²) in [5.74, 6) is 3.01. The monoisotopic (exact) mass is 197 g/mol. The van der Waals surface area contributed by atoms with Gasteiger partial charge in [-0.3, -0.25) is 4.79 Å². The van der Waals surface area contributed by atoms with Crippen molar-refractivity contribution in [3.63, 3.8) is 0 Å². The summed E-state index contributed by atoms with van der Waals surface area (Å²) in [4.78, 5) is 23.1. The SMILES string of the molecule is CC#CC(=O)N1CC(O)CC1C(=O)O. The second-order valence-electron chi connectivity index (χ2n) is 3.08. The van der Waals surface area contributed by atoms with Gasteiger partial charge in [-0.15, -0.1) is 0 Å². The molecule has 0 bridgehead atoms. The first kappa shape index (κ1) is 10.5. The maximum Gasteiger partial charge on any atom is 0.326 e. The summed E-state index contributed by atoms with van der Waals surface area (Å²) in [5.41, 5.74) is 0. The van der Waals surface area contributed by atoms with E-state index in [-0.39, 0.29) is 13.0 Å². The Morgan fingerprint density at radius 1 is 1.50 bits per heavy atom. The highest BCUT2D eigenvalue weighted by Gasteiger charge is 2.38. The number of carboxylic acid groups (broad SMARTS) is 1. The first-order valence-electron chi connectivity index (χ1n) is 4.20. The van der Waals surface area contributed by atoms with E-state index >= 15 is 0 Å². The Kier molecular flexibility index (Phi) is 3.10. The van der Waals surface area contributed by atoms with Gasteiger partial charge in [-0.2, -0.15) is 0 Å². The van der Waals surface area contributed by atoms with Crippen molar-refractivity contribution in [1.29, 1.82) is 0 Å². The highest BCUT2D eigenvalue weighted by atomic mass is 16.4. The number of hydrogen-bond donors (Lipinski definition) is 2. The summed E-state index contributed by atoms with van der Waals surface area (Å²) in [7, 11) is 0. The van der Waals surface area contributed by atoms with Crippen LogP contribution in [0.4, 0.5) is 0 Å². The van der Waals surface area contributed by atoms with Crippen LogP contribution in [-0.4, -0.2) is 45.7 Å². The summed E-state index contributed by atoms with van der Waals surface area (Å²) in [5, 5.41) is 18.0. The van der Waals surface area contributed by atoms with Gasteiger partial charge in [-0.05, 0) is 12.8 Å². The zero-order valence-electron chi connectivity index (χ0n) is 7.73. The molecule has 2 atom stereocenters. The zero-order valence-corrected chi connectivity index (χ0v) is 7.73. The Bertz CT molecular complexity index is 315. The standard InChI is InChI=1S/C9H11NO4/c1-2-3-8(12)10-5-6(11)4-7(10)9(13)14/h6-7,11H,4-5H2,1H3,(H,13,14). The molecule has 0 aromatic heterocycles. The maximum absolute atomic E-state index is 11.3. The molecule has 76 valence electrons. The van der Waals surface area contributed by atoms with Crippen LogP contribution < -0.4 is 0 Å². The van der Waals surface area contributed by atoms with Crippen molar-refractivity contribution in [2.45, 2.75) is 25.5 Å². The van der Waals surface area contributed by atoms with Crippen LogP contribution in [-0.2, 0) is 9.59 Å². The van der Waals surface area contributed by atoms with Gasteiger partial charge in [0, 0.05) is 13.0 Å². The van der Waals surface area contributed by atoms with Gasteiger partial charge in [-0.25, -0.2) is 4.79 Å². The molecular weight excluding hydrogens is 186 g/mol. The van der Waals surface area contributed by atoms with Crippen LogP contribution in [0.25, 0.3) is 0 Å². The van der Waals surface area contributed by atoms with Crippen LogP contribution in [0.5, 0.6) is 0 Å². The van der Waals surface area contributed by atoms with Crippen LogP contribution >= 0.6 is 0 Å². The Hall–Kier alpha value is -1.54. The van der Waals surface area contributed by atoms with E-state index in [4.69, 9.17) is 5.11 Å². The number of carboxylic acids is 1. The van der Waals surface area contributed by atoms with E-state index in [2.05, 4.69) is 11.8 Å². The first-order chi connectivity index (χ1) is 6.56. The molecule has 2 unspecified atom stereocenters. The molecule has 1 aliphatic rings. The van der Waals surface area contributed by atoms with E-state index < -0.39 is 24.0 Å². The molecule has 1 saturated heterocycles. The molecular formula is C9H11NO4. The van der Waals surface area contributed by atoms with Gasteiger partial charge in [0.25, 0.3) is 5.91 Å². The Morgan fingerprint density at radius 3 is 2.64 bits per heavy atom. The lowest BCUT2D eigenvalue weighted by Gasteiger charge is -2.17. The van der Waals surface area contributed by atoms with Gasteiger partial charge in [0.2, 0.25) is 0 Å². The van der Waals surface area contributed by atoms with E-state index in [1.807, 2.05) is 0 Å². The fraction of sp³-hybridized carbons (Fsp3) is 0.556. The summed E-state index contributed by atoms with van der Waals surface area (Å²) in [6.45, 7) is 1.55. The molecule has 5 nitrogen and oxygen atoms in total. The number of β-amino-alcohol motifs (C(OH)–C–C–N with tert-alkyl or cyclic N) is 1. The highest BCUT2D eigenvalue weighted by molar-refractivity contribution is 5.96. The number of nitrogens with zero attached hydrogens (tertiary/aromatic N) is 1. The second kappa shape index (κ2) is 4.11. The highest BCUT2D eigenvalue weighted by Crippen LogP contribution is 2.17. The van der Waals surface area contributed by atoms with Crippen molar-refractivity contribution in [2.24, 2.45) is 0 Å². The number of amides is 1. The molecule has 1 heterocycles. The molecule has 0 radical (unpaired) electrons. The van der Waals surface area contributed by atoms with Crippen molar-refractivity contribution in [2.75, 3.05) is 6.54 Å². The lowest BCUT2D eigenvalue weighted by molar-refractivity contribution is -0.146. The maximum atomic E-state index is 11.3. The van der Waals surface area contributed by atoms with E-state index in [1.54, 1.807) is 0 Å². The molecule has 5 heteroatoms. The van der Waals surface area contributed by atoms with Crippen molar-refractivity contribution >= 4 is 11.9 Å². The second-order valence-corrected chi connectivity index (χ2v) is 3.08. The average Bonchev–Trinajstić information content (AvgIpc) is 2.48. The number of carbonyl (C=O) groups is 2. The van der Waals surface area contributed by atoms with Crippen molar-refractivity contribution < 1.29 is 19.8 Å². The molecule has 0 saturated carbocycles. The number of aliphatic carboxylic acids is 1. The molecule has 0 aliphatic carbocycles. The third-order valence-electron chi connectivity index (χ3n) is 2.06. The number of hydrogen-bond acceptors (Lipinski definition) is 3. The van der Waals surface area contributed by atoms with E-state index in [9.17, 15) is 14.7 Å². The van der Waals surface area contributed by atoms with Crippen molar-refractivity contribution in [3.8, 4) is 11.8 Å². The molecule has 0 aromatic carbocycles. The Balaban J connectivity index is 2.79. The largest absolute Gasteiger partial charge is 0.480 e. The van der Waals surface area contributed by atoms with Crippen molar-refractivity contribution in [3.05, 3.63) is 0 Å². The number of aliphatic hydroxyl groups excluding tert-OH is 1. The lowest BCUT2D eigenvalue weighted by Crippen LogP contribution is -2.39. The van der Waals surface area contributed by atoms with Crippen LogP contribution in [0.1, 0.15) is 13.3 Å². The average molecular weight is 197 g/mol. The fourth-order valence-corrected chi connectivity index (χ4v) is 1.45. The quantitative estimate of drug-likeness (QED) is 0.531. The minimum Gasteiger partial charge on any atom is -0.480 e. The number of carbonyl (C=O) groups excluding carboxylic acids is 1. The summed E-state index contributed by atoms with van der Waals surface area (Å²) >= 11 is 0. The molecule has 14 heavy (non-hydrogen) atoms. The number of likely N-dealkylation sites (tertiary alicyclic amines) is 1. The van der Waals surface area contributed by atoms with Crippen LogP contribution in [0.2, 0.25) is 0 Å². The number of aliphatic hydroxyl groups is 1. The minimum absolute atomic E-state index is 0.0461. The summed E-state index contributed by atoms with van der Waals surface area (Å²) in [6, 6.07) is -0.946. The van der Waals surface area contributed by atoms with Crippen LogP contribution in [0.15, 0.2) is 0 Å². The normalized spacial score (nSPS) is 25.4. The lowest BCUT2D eigenvalue weighted by atomic mass is 10.2. The van der Waals surface area contributed by atoms with Crippen LogP contribution in [0, 0.1) is 11.8 Å².